The minimum Gasteiger partial charge on any atom is -0.450 e. The fourth-order valence-corrected chi connectivity index (χ4v) is 20.5. The van der Waals surface area contributed by atoms with Crippen LogP contribution in [0.1, 0.15) is 100 Å². The van der Waals surface area contributed by atoms with E-state index >= 15 is 0 Å². The van der Waals surface area contributed by atoms with Crippen LogP contribution in [0.4, 0.5) is 0 Å². The third-order valence-corrected chi connectivity index (χ3v) is 26.4. The van der Waals surface area contributed by atoms with Gasteiger partial charge in [0.1, 0.15) is 0 Å². The molecule has 0 fully saturated rings. The van der Waals surface area contributed by atoms with E-state index in [1.54, 1.807) is 0 Å². The van der Waals surface area contributed by atoms with Crippen LogP contribution in [0.5, 0.6) is 138 Å². The molecule has 3 aliphatic carbocycles. The van der Waals surface area contributed by atoms with Crippen molar-refractivity contribution in [2.45, 2.75) is 16.2 Å². The summed E-state index contributed by atoms with van der Waals surface area (Å²) in [5.41, 5.74) is 22.4. The number of benzene rings is 18. The summed E-state index contributed by atoms with van der Waals surface area (Å²) >= 11 is 0. The molecule has 6 aliphatic heterocycles. The minimum atomic E-state index is -0.703. The van der Waals surface area contributed by atoms with Gasteiger partial charge < -0.3 is 56.8 Å². The van der Waals surface area contributed by atoms with Crippen LogP contribution in [0.15, 0.2) is 364 Å². The van der Waals surface area contributed by atoms with Gasteiger partial charge in [-0.15, -0.1) is 38.5 Å². The first-order valence-corrected chi connectivity index (χ1v) is 43.7. The molecule has 6 heterocycles. The molecule has 18 aromatic carbocycles. The lowest BCUT2D eigenvalue weighted by Gasteiger charge is -2.35. The van der Waals surface area contributed by atoms with Crippen molar-refractivity contribution in [2.24, 2.45) is 0 Å². The summed E-state index contributed by atoms with van der Waals surface area (Å²) < 4.78 is 76.2. The van der Waals surface area contributed by atoms with E-state index in [1.807, 2.05) is 146 Å². The van der Waals surface area contributed by atoms with Gasteiger partial charge in [0.05, 0.1) is 16.2 Å². The largest absolute Gasteiger partial charge is 0.450 e. The maximum Gasteiger partial charge on any atom is 0.171 e. The Morgan fingerprint density at radius 2 is 0.259 bits per heavy atom. The van der Waals surface area contributed by atoms with Gasteiger partial charge >= 0.3 is 0 Å². The SMILES string of the molecule is C#Cc1ccc2c(c1)Oc1cc(C3(c4ccc5c(c4)Oc4cc(C#C)ccc4O5)c4ccccc4-c4ccccc43)ccc1O2.C#Cc1ccc2c(c1)Oc1ccc(C3(c4ccc5c(c4)Oc4cc(C#C)ccc4O5)c4ccccc4-c4ccccc43)cc1O2.C#Cc1ccc2c(c1)Oc1ccc(C3(c4ccc5c(c4)Oc4ccc(C#C)cc4O5)c4ccccc4-c4ccccc43)cc1O2. The summed E-state index contributed by atoms with van der Waals surface area (Å²) in [6.07, 6.45) is 33.9. The predicted molar refractivity (Wildman–Crippen MR) is 518 cm³/mol. The van der Waals surface area contributed by atoms with Gasteiger partial charge in [0.2, 0.25) is 0 Å². The van der Waals surface area contributed by atoms with Gasteiger partial charge in [0, 0.05) is 69.8 Å². The number of hydrogen-bond donors (Lipinski definition) is 0. The summed E-state index contributed by atoms with van der Waals surface area (Å²) in [5.74, 6) is 30.8. The van der Waals surface area contributed by atoms with Crippen LogP contribution in [-0.2, 0) is 16.2 Å². The molecule has 135 heavy (non-hydrogen) atoms. The molecule has 12 nitrogen and oxygen atoms in total. The maximum absolute atomic E-state index is 6.45. The molecule has 0 N–H and O–H groups in total. The molecule has 9 aliphatic rings. The van der Waals surface area contributed by atoms with Gasteiger partial charge in [0.15, 0.2) is 138 Å². The fraction of sp³-hybridized carbons (Fsp3) is 0.0244. The Labute approximate surface area is 777 Å². The van der Waals surface area contributed by atoms with E-state index in [2.05, 4.69) is 254 Å². The van der Waals surface area contributed by atoms with Crippen LogP contribution >= 0.6 is 0 Å². The van der Waals surface area contributed by atoms with Gasteiger partial charge in [-0.05, 0) is 246 Å². The Bertz CT molecular complexity index is 8140. The zero-order chi connectivity index (χ0) is 90.4. The molecule has 0 spiro atoms. The number of hydrogen-bond acceptors (Lipinski definition) is 12. The standard InChI is InChI=1S/3C41H22O4/c1-3-25-14-18-34-37(21-25)43-36-20-16-27(23-39(36)44-34)41(31-11-7-5-9-29(31)30-10-6-8-12-32(30)41)28-15-19-35-40(24-28)45-38-22-26(4-2)13-17-33(38)42-35;1-3-25-13-17-33-37(21-25)42-35-19-15-27(23-39(35)44-33)41(31-11-7-5-9-29(31)30-10-6-8-12-32(30)41)28-16-20-36-40(24-28)45-34-18-14-26(4-2)22-38(34)43-36;1-3-25-13-17-33-37(21-25)44-39-23-27(15-19-35(39)42-33)41(31-11-7-5-9-29(31)30-10-6-8-12-32(30)41)28-16-20-36-40(24-28)45-38-22-26(4-2)14-18-34(38)43-36/h3*1-2,5-24H. The van der Waals surface area contributed by atoms with Crippen LogP contribution in [0.3, 0.4) is 0 Å². The van der Waals surface area contributed by atoms with Crippen molar-refractivity contribution < 1.29 is 56.8 Å². The Morgan fingerprint density at radius 1 is 0.133 bits per heavy atom. The molecular weight excluding hydrogens is 1670 g/mol. The van der Waals surface area contributed by atoms with Crippen LogP contribution in [0.25, 0.3) is 33.4 Å². The lowest BCUT2D eigenvalue weighted by atomic mass is 9.67. The Kier molecular flexibility index (Phi) is 17.7. The van der Waals surface area contributed by atoms with Crippen LogP contribution in [-0.4, -0.2) is 0 Å². The molecule has 0 saturated carbocycles. The topological polar surface area (TPSA) is 111 Å². The van der Waals surface area contributed by atoms with Crippen molar-refractivity contribution in [2.75, 3.05) is 0 Å². The second kappa shape index (κ2) is 30.6. The smallest absolute Gasteiger partial charge is 0.171 e. The summed E-state index contributed by atoms with van der Waals surface area (Å²) in [5, 5.41) is 0. The first-order chi connectivity index (χ1) is 66.4. The van der Waals surface area contributed by atoms with Crippen molar-refractivity contribution in [3.05, 3.63) is 464 Å². The molecular formula is C123H66O12. The van der Waals surface area contributed by atoms with E-state index in [4.69, 9.17) is 95.4 Å². The number of fused-ring (bicyclic) bond motifs is 21. The predicted octanol–water partition coefficient (Wildman–Crippen LogP) is 29.4. The molecule has 18 aromatic rings. The Balaban J connectivity index is 0.000000108. The molecule has 0 amide bonds. The van der Waals surface area contributed by atoms with E-state index < -0.39 is 16.2 Å². The van der Waals surface area contributed by atoms with Crippen LogP contribution in [0.2, 0.25) is 0 Å². The second-order valence-electron chi connectivity index (χ2n) is 33.6. The first kappa shape index (κ1) is 78.2. The van der Waals surface area contributed by atoms with Crippen molar-refractivity contribution in [3.63, 3.8) is 0 Å². The maximum atomic E-state index is 6.45. The van der Waals surface area contributed by atoms with Crippen molar-refractivity contribution in [1.82, 2.24) is 0 Å². The van der Waals surface area contributed by atoms with Gasteiger partial charge in [-0.3, -0.25) is 0 Å². The van der Waals surface area contributed by atoms with Gasteiger partial charge in [-0.25, -0.2) is 0 Å². The lowest BCUT2D eigenvalue weighted by Crippen LogP contribution is -2.28. The molecule has 12 heteroatoms. The summed E-state index contributed by atoms with van der Waals surface area (Å²) in [6.45, 7) is 0. The van der Waals surface area contributed by atoms with Crippen LogP contribution < -0.4 is 56.8 Å². The Hall–Kier alpha value is -19.1. The lowest BCUT2D eigenvalue weighted by molar-refractivity contribution is 0.357. The van der Waals surface area contributed by atoms with E-state index in [-0.39, 0.29) is 0 Å². The highest BCUT2D eigenvalue weighted by Gasteiger charge is 2.51. The third kappa shape index (κ3) is 12.2. The van der Waals surface area contributed by atoms with E-state index in [0.717, 1.165) is 100 Å². The third-order valence-electron chi connectivity index (χ3n) is 26.4. The Morgan fingerprint density at radius 3 is 0.415 bits per heavy atom. The van der Waals surface area contributed by atoms with Crippen LogP contribution in [0, 0.1) is 74.1 Å². The zero-order valence-corrected chi connectivity index (χ0v) is 71.5. The monoisotopic (exact) mass is 1730 g/mol. The fourth-order valence-electron chi connectivity index (χ4n) is 20.5. The van der Waals surface area contributed by atoms with E-state index in [1.165, 1.54) is 33.4 Å². The zero-order valence-electron chi connectivity index (χ0n) is 71.5. The number of rotatable bonds is 6. The average Bonchev–Trinajstić information content (AvgIpc) is 1.54. The summed E-state index contributed by atoms with van der Waals surface area (Å²) in [4.78, 5) is 0. The average molecular weight is 1740 g/mol. The first-order valence-electron chi connectivity index (χ1n) is 43.7. The highest BCUT2D eigenvalue weighted by Crippen LogP contribution is 2.65. The molecule has 630 valence electrons. The highest BCUT2D eigenvalue weighted by molar-refractivity contribution is 5.91. The molecule has 0 saturated heterocycles. The van der Waals surface area contributed by atoms with Crippen molar-refractivity contribution in [1.29, 1.82) is 0 Å². The molecule has 27 rings (SSSR count). The molecule has 0 aromatic heterocycles. The normalized spacial score (nSPS) is 13.7. The molecule has 0 atom stereocenters. The molecule has 0 bridgehead atoms. The van der Waals surface area contributed by atoms with Crippen molar-refractivity contribution in [3.8, 4) is 245 Å². The highest BCUT2D eigenvalue weighted by atomic mass is 16.6. The van der Waals surface area contributed by atoms with Gasteiger partial charge in [-0.2, -0.15) is 0 Å². The second-order valence-corrected chi connectivity index (χ2v) is 33.6. The number of ether oxygens (including phenoxy) is 12. The van der Waals surface area contributed by atoms with Gasteiger partial charge in [-0.1, -0.05) is 218 Å². The molecule has 0 unspecified atom stereocenters. The van der Waals surface area contributed by atoms with E-state index in [9.17, 15) is 0 Å². The summed E-state index contributed by atoms with van der Waals surface area (Å²) in [6, 6.07) is 121. The number of terminal acetylenes is 6. The quantitative estimate of drug-likeness (QED) is 0.148. The van der Waals surface area contributed by atoms with Crippen molar-refractivity contribution >= 4 is 0 Å². The van der Waals surface area contributed by atoms with E-state index in [0.29, 0.717) is 138 Å². The molecule has 0 radical (unpaired) electrons. The minimum absolute atomic E-state index is 0.584. The van der Waals surface area contributed by atoms with Gasteiger partial charge in [0.25, 0.3) is 0 Å². The summed E-state index contributed by atoms with van der Waals surface area (Å²) in [7, 11) is 0.